The van der Waals surface area contributed by atoms with Crippen LogP contribution in [0.25, 0.3) is 21.9 Å². The molecule has 174 valence electrons. The van der Waals surface area contributed by atoms with Crippen LogP contribution < -0.4 is 10.1 Å². The number of carbonyl (C=O) groups is 1. The summed E-state index contributed by atoms with van der Waals surface area (Å²) in [6.07, 6.45) is -4.73. The van der Waals surface area contributed by atoms with E-state index in [-0.39, 0.29) is 36.2 Å². The van der Waals surface area contributed by atoms with E-state index < -0.39 is 6.36 Å². The van der Waals surface area contributed by atoms with E-state index in [4.69, 9.17) is 4.74 Å². The number of halogens is 4. The molecule has 0 radical (unpaired) electrons. The molecule has 1 N–H and O–H groups in total. The molecule has 2 atom stereocenters. The molecule has 5 rings (SSSR count). The second-order valence-electron chi connectivity index (χ2n) is 8.00. The number of alkyl halides is 3. The number of carbonyl (C=O) groups excluding carboxylic acids is 1. The molecule has 1 amide bonds. The summed E-state index contributed by atoms with van der Waals surface area (Å²) in [5.41, 5.74) is 1.93. The number of ether oxygens (including phenoxy) is 2. The minimum atomic E-state index is -4.75. The molecule has 3 aromatic carbocycles. The largest absolute Gasteiger partial charge is 0.573 e. The van der Waals surface area contributed by atoms with Crippen molar-refractivity contribution in [1.29, 1.82) is 0 Å². The third-order valence-electron chi connectivity index (χ3n) is 5.90. The van der Waals surface area contributed by atoms with E-state index in [1.165, 1.54) is 18.2 Å². The Morgan fingerprint density at radius 2 is 1.88 bits per heavy atom. The minimum absolute atomic E-state index is 0. The standard InChI is InChI=1S/C24H21F3N2O3.ClH/c25-24(26,27)32-18-5-1-3-16(12-18)19-6-2-4-15-11-17(7-8-20(15)19)23(30)29-13-21-22(14-29)31-10-9-28-21;/h1-8,11-12,21-22,28H,9-10,13-14H2;1H/t21-,22-;/m0./s1. The minimum Gasteiger partial charge on any atom is -0.406 e. The molecule has 2 aliphatic rings. The van der Waals surface area contributed by atoms with E-state index in [0.717, 1.165) is 22.9 Å². The summed E-state index contributed by atoms with van der Waals surface area (Å²) in [5.74, 6) is -0.331. The second kappa shape index (κ2) is 9.21. The SMILES string of the molecule is Cl.O=C(c1ccc2c(-c3cccc(OC(F)(F)F)c3)cccc2c1)N1C[C@@H]2NCCO[C@H]2C1. The second-order valence-corrected chi connectivity index (χ2v) is 8.00. The van der Waals surface area contributed by atoms with Gasteiger partial charge in [-0.3, -0.25) is 4.79 Å². The molecule has 0 unspecified atom stereocenters. The Kier molecular flexibility index (Phi) is 6.52. The maximum Gasteiger partial charge on any atom is 0.573 e. The third-order valence-corrected chi connectivity index (χ3v) is 5.90. The van der Waals surface area contributed by atoms with Crippen molar-refractivity contribution in [3.63, 3.8) is 0 Å². The van der Waals surface area contributed by atoms with E-state index in [0.29, 0.717) is 30.8 Å². The van der Waals surface area contributed by atoms with Crippen molar-refractivity contribution in [2.24, 2.45) is 0 Å². The van der Waals surface area contributed by atoms with Crippen LogP contribution in [0, 0.1) is 0 Å². The number of nitrogens with one attached hydrogen (secondary N) is 1. The molecule has 2 heterocycles. The van der Waals surface area contributed by atoms with E-state index in [2.05, 4.69) is 10.1 Å². The maximum atomic E-state index is 13.1. The fourth-order valence-electron chi connectivity index (χ4n) is 4.47. The van der Waals surface area contributed by atoms with Gasteiger partial charge in [0.2, 0.25) is 0 Å². The highest BCUT2D eigenvalue weighted by Gasteiger charge is 2.37. The van der Waals surface area contributed by atoms with Gasteiger partial charge >= 0.3 is 6.36 Å². The highest BCUT2D eigenvalue weighted by atomic mass is 35.5. The fraction of sp³-hybridized carbons (Fsp3) is 0.292. The maximum absolute atomic E-state index is 13.1. The van der Waals surface area contributed by atoms with E-state index in [9.17, 15) is 18.0 Å². The first-order valence-electron chi connectivity index (χ1n) is 10.4. The van der Waals surface area contributed by atoms with Crippen LogP contribution in [-0.2, 0) is 4.74 Å². The predicted molar refractivity (Wildman–Crippen MR) is 121 cm³/mol. The number of fused-ring (bicyclic) bond motifs is 2. The third kappa shape index (κ3) is 4.93. The predicted octanol–water partition coefficient (Wildman–Crippen LogP) is 4.64. The molecule has 0 aliphatic carbocycles. The zero-order chi connectivity index (χ0) is 22.3. The van der Waals surface area contributed by atoms with E-state index >= 15 is 0 Å². The first-order valence-corrected chi connectivity index (χ1v) is 10.4. The number of hydrogen-bond donors (Lipinski definition) is 1. The summed E-state index contributed by atoms with van der Waals surface area (Å²) in [5, 5.41) is 5.07. The van der Waals surface area contributed by atoms with Crippen molar-refractivity contribution < 1.29 is 27.4 Å². The monoisotopic (exact) mass is 478 g/mol. The number of hydrogen-bond acceptors (Lipinski definition) is 4. The number of nitrogens with zero attached hydrogens (tertiary/aromatic N) is 1. The van der Waals surface area contributed by atoms with Gasteiger partial charge < -0.3 is 19.7 Å². The molecular formula is C24H22ClF3N2O3. The number of morpholine rings is 1. The van der Waals surface area contributed by atoms with Crippen LogP contribution in [-0.4, -0.2) is 55.6 Å². The van der Waals surface area contributed by atoms with Gasteiger partial charge in [0, 0.05) is 25.2 Å². The summed E-state index contributed by atoms with van der Waals surface area (Å²) in [4.78, 5) is 14.9. The van der Waals surface area contributed by atoms with Gasteiger partial charge in [0.15, 0.2) is 0 Å². The average molecular weight is 479 g/mol. The molecule has 33 heavy (non-hydrogen) atoms. The summed E-state index contributed by atoms with van der Waals surface area (Å²) in [7, 11) is 0. The fourth-order valence-corrected chi connectivity index (χ4v) is 4.47. The zero-order valence-corrected chi connectivity index (χ0v) is 18.3. The Labute approximate surface area is 194 Å². The first kappa shape index (κ1) is 23.4. The zero-order valence-electron chi connectivity index (χ0n) is 17.5. The van der Waals surface area contributed by atoms with Gasteiger partial charge in [-0.15, -0.1) is 25.6 Å². The smallest absolute Gasteiger partial charge is 0.406 e. The van der Waals surface area contributed by atoms with Crippen LogP contribution in [0.3, 0.4) is 0 Å². The molecule has 5 nitrogen and oxygen atoms in total. The van der Waals surface area contributed by atoms with Crippen LogP contribution >= 0.6 is 12.4 Å². The van der Waals surface area contributed by atoms with Crippen LogP contribution in [0.15, 0.2) is 60.7 Å². The lowest BCUT2D eigenvalue weighted by Crippen LogP contribution is -2.47. The van der Waals surface area contributed by atoms with Crippen molar-refractivity contribution in [1.82, 2.24) is 10.2 Å². The topological polar surface area (TPSA) is 50.8 Å². The summed E-state index contributed by atoms with van der Waals surface area (Å²) in [6, 6.07) is 17.0. The van der Waals surface area contributed by atoms with Crippen LogP contribution in [0.1, 0.15) is 10.4 Å². The van der Waals surface area contributed by atoms with Crippen LogP contribution in [0.4, 0.5) is 13.2 Å². The molecule has 2 fully saturated rings. The van der Waals surface area contributed by atoms with Crippen molar-refractivity contribution in [3.8, 4) is 16.9 Å². The molecule has 0 saturated carbocycles. The quantitative estimate of drug-likeness (QED) is 0.596. The molecule has 2 aliphatic heterocycles. The lowest BCUT2D eigenvalue weighted by molar-refractivity contribution is -0.274. The first-order chi connectivity index (χ1) is 15.4. The van der Waals surface area contributed by atoms with E-state index in [1.54, 1.807) is 17.0 Å². The normalized spacial score (nSPS) is 20.3. The average Bonchev–Trinajstić information content (AvgIpc) is 3.21. The van der Waals surface area contributed by atoms with Gasteiger partial charge in [0.05, 0.1) is 18.8 Å². The van der Waals surface area contributed by atoms with Gasteiger partial charge in [-0.25, -0.2) is 0 Å². The van der Waals surface area contributed by atoms with Crippen molar-refractivity contribution >= 4 is 29.1 Å². The summed E-state index contributed by atoms with van der Waals surface area (Å²) < 4.78 is 47.6. The molecular weight excluding hydrogens is 457 g/mol. The van der Waals surface area contributed by atoms with Gasteiger partial charge in [-0.1, -0.05) is 36.4 Å². The summed E-state index contributed by atoms with van der Waals surface area (Å²) in [6.45, 7) is 2.60. The molecule has 0 aromatic heterocycles. The lowest BCUT2D eigenvalue weighted by Gasteiger charge is -2.25. The highest BCUT2D eigenvalue weighted by Crippen LogP contribution is 2.33. The number of benzene rings is 3. The van der Waals surface area contributed by atoms with Crippen molar-refractivity contribution in [2.75, 3.05) is 26.2 Å². The highest BCUT2D eigenvalue weighted by molar-refractivity contribution is 6.02. The molecule has 0 bridgehead atoms. The van der Waals surface area contributed by atoms with E-state index in [1.807, 2.05) is 30.3 Å². The Hall–Kier alpha value is -2.81. The Morgan fingerprint density at radius 3 is 2.67 bits per heavy atom. The number of amides is 1. The number of rotatable bonds is 3. The van der Waals surface area contributed by atoms with Gasteiger partial charge in [-0.2, -0.15) is 0 Å². The Bertz CT molecular complexity index is 1160. The Morgan fingerprint density at radius 1 is 1.06 bits per heavy atom. The van der Waals surface area contributed by atoms with Crippen LogP contribution in [0.2, 0.25) is 0 Å². The Balaban J connectivity index is 0.00000259. The van der Waals surface area contributed by atoms with Gasteiger partial charge in [-0.05, 0) is 46.2 Å². The lowest BCUT2D eigenvalue weighted by atomic mass is 9.96. The van der Waals surface area contributed by atoms with Crippen molar-refractivity contribution in [3.05, 3.63) is 66.2 Å². The van der Waals surface area contributed by atoms with Crippen LogP contribution in [0.5, 0.6) is 5.75 Å². The number of likely N-dealkylation sites (tertiary alicyclic amines) is 1. The molecule has 2 saturated heterocycles. The summed E-state index contributed by atoms with van der Waals surface area (Å²) >= 11 is 0. The molecule has 0 spiro atoms. The van der Waals surface area contributed by atoms with Gasteiger partial charge in [0.25, 0.3) is 5.91 Å². The van der Waals surface area contributed by atoms with Crippen molar-refractivity contribution in [2.45, 2.75) is 18.5 Å². The van der Waals surface area contributed by atoms with Gasteiger partial charge in [0.1, 0.15) is 5.75 Å². The molecule has 3 aromatic rings. The molecule has 9 heteroatoms.